The molecule has 1 unspecified atom stereocenters. The summed E-state index contributed by atoms with van der Waals surface area (Å²) >= 11 is 0. The highest BCUT2D eigenvalue weighted by atomic mass is 16.3. The molecule has 1 atom stereocenters. The molecule has 1 aromatic heterocycles. The van der Waals surface area contributed by atoms with Gasteiger partial charge in [-0.3, -0.25) is 0 Å². The van der Waals surface area contributed by atoms with Crippen LogP contribution in [0, 0.1) is 0 Å². The Morgan fingerprint density at radius 1 is 1.40 bits per heavy atom. The largest absolute Gasteiger partial charge is 0.394 e. The molecule has 86 valence electrons. The normalized spacial score (nSPS) is 13.1. The van der Waals surface area contributed by atoms with Crippen LogP contribution in [0.15, 0.2) is 0 Å². The zero-order valence-electron chi connectivity index (χ0n) is 8.80. The topological polar surface area (TPSA) is 91.4 Å². The Morgan fingerprint density at radius 3 is 2.67 bits per heavy atom. The SMILES string of the molecule is CCCc1c(CO)nnn1CC(O)CO. The van der Waals surface area contributed by atoms with Crippen molar-refractivity contribution in [3.05, 3.63) is 11.4 Å². The molecule has 0 amide bonds. The van der Waals surface area contributed by atoms with Gasteiger partial charge in [0.05, 0.1) is 31.6 Å². The molecule has 3 N–H and O–H groups in total. The molecule has 0 saturated heterocycles. The van der Waals surface area contributed by atoms with Gasteiger partial charge < -0.3 is 15.3 Å². The van der Waals surface area contributed by atoms with Crippen LogP contribution in [0.1, 0.15) is 24.7 Å². The molecule has 1 aromatic rings. The standard InChI is InChI=1S/C9H17N3O3/c1-2-3-9-8(6-14)10-11-12(9)4-7(15)5-13/h7,13-15H,2-6H2,1H3. The van der Waals surface area contributed by atoms with Crippen LogP contribution in [0.3, 0.4) is 0 Å². The average molecular weight is 215 g/mol. The summed E-state index contributed by atoms with van der Waals surface area (Å²) in [5.74, 6) is 0. The van der Waals surface area contributed by atoms with E-state index in [0.29, 0.717) is 5.69 Å². The van der Waals surface area contributed by atoms with E-state index >= 15 is 0 Å². The molecule has 0 spiro atoms. The molecular weight excluding hydrogens is 198 g/mol. The predicted molar refractivity (Wildman–Crippen MR) is 53.0 cm³/mol. The van der Waals surface area contributed by atoms with Crippen molar-refractivity contribution in [3.8, 4) is 0 Å². The van der Waals surface area contributed by atoms with Crippen LogP contribution in [0.5, 0.6) is 0 Å². The number of aromatic nitrogens is 3. The van der Waals surface area contributed by atoms with Crippen molar-refractivity contribution >= 4 is 0 Å². The minimum absolute atomic E-state index is 0.148. The van der Waals surface area contributed by atoms with E-state index in [-0.39, 0.29) is 19.8 Å². The van der Waals surface area contributed by atoms with Crippen LogP contribution < -0.4 is 0 Å². The van der Waals surface area contributed by atoms with Crippen molar-refractivity contribution in [2.45, 2.75) is 39.0 Å². The van der Waals surface area contributed by atoms with Gasteiger partial charge in [0.15, 0.2) is 0 Å². The first kappa shape index (κ1) is 12.1. The van der Waals surface area contributed by atoms with Crippen molar-refractivity contribution in [1.29, 1.82) is 0 Å². The molecule has 0 aromatic carbocycles. The summed E-state index contributed by atoms with van der Waals surface area (Å²) in [6.07, 6.45) is 0.824. The summed E-state index contributed by atoms with van der Waals surface area (Å²) in [5.41, 5.74) is 1.37. The van der Waals surface area contributed by atoms with Gasteiger partial charge in [-0.25, -0.2) is 4.68 Å². The zero-order chi connectivity index (χ0) is 11.3. The molecule has 1 rings (SSSR count). The van der Waals surface area contributed by atoms with Gasteiger partial charge in [-0.05, 0) is 6.42 Å². The Labute approximate surface area is 88.2 Å². The highest BCUT2D eigenvalue weighted by Gasteiger charge is 2.13. The molecule has 0 saturated carbocycles. The monoisotopic (exact) mass is 215 g/mol. The lowest BCUT2D eigenvalue weighted by Crippen LogP contribution is -2.22. The van der Waals surface area contributed by atoms with Gasteiger partial charge in [0, 0.05) is 0 Å². The van der Waals surface area contributed by atoms with E-state index in [4.69, 9.17) is 10.2 Å². The fourth-order valence-electron chi connectivity index (χ4n) is 1.41. The van der Waals surface area contributed by atoms with Crippen molar-refractivity contribution in [2.24, 2.45) is 0 Å². The van der Waals surface area contributed by atoms with Crippen LogP contribution >= 0.6 is 0 Å². The van der Waals surface area contributed by atoms with E-state index in [1.807, 2.05) is 6.92 Å². The van der Waals surface area contributed by atoms with E-state index in [1.165, 1.54) is 4.68 Å². The fraction of sp³-hybridized carbons (Fsp3) is 0.778. The first-order valence-corrected chi connectivity index (χ1v) is 5.03. The first-order chi connectivity index (χ1) is 7.22. The maximum Gasteiger partial charge on any atom is 0.111 e. The van der Waals surface area contributed by atoms with E-state index in [0.717, 1.165) is 18.5 Å². The van der Waals surface area contributed by atoms with Crippen LogP contribution in [0.2, 0.25) is 0 Å². The molecule has 0 aliphatic carbocycles. The number of nitrogens with zero attached hydrogens (tertiary/aromatic N) is 3. The summed E-state index contributed by atoms with van der Waals surface area (Å²) in [7, 11) is 0. The molecule has 1 heterocycles. The minimum atomic E-state index is -0.839. The number of hydrogen-bond donors (Lipinski definition) is 3. The highest BCUT2D eigenvalue weighted by molar-refractivity contribution is 5.09. The molecule has 0 aliphatic heterocycles. The molecule has 6 heteroatoms. The van der Waals surface area contributed by atoms with Gasteiger partial charge in [-0.2, -0.15) is 0 Å². The van der Waals surface area contributed by atoms with Crippen molar-refractivity contribution in [3.63, 3.8) is 0 Å². The van der Waals surface area contributed by atoms with Crippen molar-refractivity contribution < 1.29 is 15.3 Å². The quantitative estimate of drug-likeness (QED) is 0.570. The van der Waals surface area contributed by atoms with Gasteiger partial charge >= 0.3 is 0 Å². The van der Waals surface area contributed by atoms with E-state index in [2.05, 4.69) is 10.3 Å². The lowest BCUT2D eigenvalue weighted by molar-refractivity contribution is 0.0770. The van der Waals surface area contributed by atoms with Crippen LogP contribution in [-0.2, 0) is 19.6 Å². The van der Waals surface area contributed by atoms with Crippen LogP contribution in [0.25, 0.3) is 0 Å². The molecule has 15 heavy (non-hydrogen) atoms. The van der Waals surface area contributed by atoms with Gasteiger partial charge in [0.1, 0.15) is 5.69 Å². The summed E-state index contributed by atoms with van der Waals surface area (Å²) in [6, 6.07) is 0. The third kappa shape index (κ3) is 2.98. The second-order valence-corrected chi connectivity index (χ2v) is 3.41. The molecule has 0 fully saturated rings. The maximum absolute atomic E-state index is 9.28. The minimum Gasteiger partial charge on any atom is -0.394 e. The number of hydrogen-bond acceptors (Lipinski definition) is 5. The molecule has 6 nitrogen and oxygen atoms in total. The first-order valence-electron chi connectivity index (χ1n) is 5.03. The summed E-state index contributed by atoms with van der Waals surface area (Å²) in [4.78, 5) is 0. The third-order valence-electron chi connectivity index (χ3n) is 2.15. The maximum atomic E-state index is 9.28. The smallest absolute Gasteiger partial charge is 0.111 e. The Bertz CT molecular complexity index is 301. The summed E-state index contributed by atoms with van der Waals surface area (Å²) in [5, 5.41) is 34.7. The second kappa shape index (κ2) is 5.79. The lowest BCUT2D eigenvalue weighted by atomic mass is 10.2. The van der Waals surface area contributed by atoms with Crippen molar-refractivity contribution in [2.75, 3.05) is 6.61 Å². The summed E-state index contributed by atoms with van der Waals surface area (Å²) in [6.45, 7) is 1.77. The Kier molecular flexibility index (Phi) is 4.67. The Morgan fingerprint density at radius 2 is 2.13 bits per heavy atom. The number of rotatable bonds is 6. The predicted octanol–water partition coefficient (Wildman–Crippen LogP) is -0.924. The Balaban J connectivity index is 2.81. The number of aliphatic hydroxyl groups excluding tert-OH is 3. The fourth-order valence-corrected chi connectivity index (χ4v) is 1.41. The third-order valence-corrected chi connectivity index (χ3v) is 2.15. The van der Waals surface area contributed by atoms with E-state index in [1.54, 1.807) is 0 Å². The Hall–Kier alpha value is -0.980. The summed E-state index contributed by atoms with van der Waals surface area (Å²) < 4.78 is 1.54. The highest BCUT2D eigenvalue weighted by Crippen LogP contribution is 2.09. The van der Waals surface area contributed by atoms with Gasteiger partial charge in [-0.15, -0.1) is 5.10 Å². The zero-order valence-corrected chi connectivity index (χ0v) is 8.80. The van der Waals surface area contributed by atoms with E-state index in [9.17, 15) is 5.11 Å². The van der Waals surface area contributed by atoms with E-state index < -0.39 is 6.10 Å². The van der Waals surface area contributed by atoms with Crippen molar-refractivity contribution in [1.82, 2.24) is 15.0 Å². The molecular formula is C9H17N3O3. The van der Waals surface area contributed by atoms with Gasteiger partial charge in [-0.1, -0.05) is 18.6 Å². The molecule has 0 aliphatic rings. The second-order valence-electron chi connectivity index (χ2n) is 3.41. The molecule has 0 bridgehead atoms. The molecule has 0 radical (unpaired) electrons. The van der Waals surface area contributed by atoms with Crippen LogP contribution in [-0.4, -0.2) is 43.0 Å². The van der Waals surface area contributed by atoms with Gasteiger partial charge in [0.25, 0.3) is 0 Å². The lowest BCUT2D eigenvalue weighted by Gasteiger charge is -2.09. The van der Waals surface area contributed by atoms with Crippen LogP contribution in [0.4, 0.5) is 0 Å². The number of aliphatic hydroxyl groups is 3. The average Bonchev–Trinajstić information content (AvgIpc) is 2.61. The van der Waals surface area contributed by atoms with Gasteiger partial charge in [0.2, 0.25) is 0 Å².